The number of rotatable bonds is 8. The monoisotopic (exact) mass is 525 g/mol. The highest BCUT2D eigenvalue weighted by molar-refractivity contribution is 5.75. The van der Waals surface area contributed by atoms with Crippen LogP contribution in [0.3, 0.4) is 0 Å². The van der Waals surface area contributed by atoms with Gasteiger partial charge < -0.3 is 15.3 Å². The van der Waals surface area contributed by atoms with Gasteiger partial charge in [-0.2, -0.15) is 10.2 Å². The molecule has 202 valence electrons. The summed E-state index contributed by atoms with van der Waals surface area (Å²) in [4.78, 5) is 16.2. The SMILES string of the molecule is C=C/C=C(/c1cc(C)c(N=NC)c(F)c1)C(C)CC(=C)Nc1ccccc1C.Cc1ccc2[nH]c(=O)[nH]c2c1. The Morgan fingerprint density at radius 1 is 1.05 bits per heavy atom. The number of hydrogen-bond donors (Lipinski definition) is 3. The van der Waals surface area contributed by atoms with Crippen molar-refractivity contribution in [2.24, 2.45) is 16.1 Å². The zero-order valence-corrected chi connectivity index (χ0v) is 23.2. The van der Waals surface area contributed by atoms with Gasteiger partial charge in [-0.1, -0.05) is 56.5 Å². The number of fused-ring (bicyclic) bond motifs is 1. The molecule has 0 amide bonds. The van der Waals surface area contributed by atoms with Crippen molar-refractivity contribution in [3.63, 3.8) is 0 Å². The molecular weight excluding hydrogens is 489 g/mol. The van der Waals surface area contributed by atoms with Gasteiger partial charge in [-0.25, -0.2) is 9.18 Å². The Balaban J connectivity index is 0.000000314. The summed E-state index contributed by atoms with van der Waals surface area (Å²) in [5.74, 6) is -0.251. The van der Waals surface area contributed by atoms with Crippen LogP contribution in [-0.4, -0.2) is 17.0 Å². The third-order valence-corrected chi connectivity index (χ3v) is 6.30. The first kappa shape index (κ1) is 29.0. The summed E-state index contributed by atoms with van der Waals surface area (Å²) in [6, 6.07) is 17.3. The fourth-order valence-electron chi connectivity index (χ4n) is 4.38. The summed E-state index contributed by atoms with van der Waals surface area (Å²) in [6.45, 7) is 16.0. The Morgan fingerprint density at radius 2 is 1.77 bits per heavy atom. The van der Waals surface area contributed by atoms with Gasteiger partial charge in [-0.05, 0) is 91.3 Å². The summed E-state index contributed by atoms with van der Waals surface area (Å²) in [6.07, 6.45) is 4.38. The number of aromatic nitrogens is 2. The zero-order valence-electron chi connectivity index (χ0n) is 23.2. The van der Waals surface area contributed by atoms with Crippen LogP contribution in [0, 0.1) is 32.5 Å². The van der Waals surface area contributed by atoms with Crippen LogP contribution in [0.2, 0.25) is 0 Å². The summed E-state index contributed by atoms with van der Waals surface area (Å²) in [5.41, 5.74) is 8.70. The van der Waals surface area contributed by atoms with Gasteiger partial charge in [0.2, 0.25) is 0 Å². The van der Waals surface area contributed by atoms with E-state index in [1.165, 1.54) is 13.1 Å². The number of nitrogens with zero attached hydrogens (tertiary/aromatic N) is 2. The number of hydrogen-bond acceptors (Lipinski definition) is 4. The second-order valence-electron chi connectivity index (χ2n) is 9.56. The van der Waals surface area contributed by atoms with E-state index in [1.54, 1.807) is 6.08 Å². The predicted molar refractivity (Wildman–Crippen MR) is 161 cm³/mol. The predicted octanol–water partition coefficient (Wildman–Crippen LogP) is 8.54. The average Bonchev–Trinajstić information content (AvgIpc) is 3.25. The number of imidazole rings is 1. The second-order valence-corrected chi connectivity index (χ2v) is 9.56. The Bertz CT molecular complexity index is 1570. The molecule has 0 aliphatic carbocycles. The quantitative estimate of drug-likeness (QED) is 0.159. The van der Waals surface area contributed by atoms with Gasteiger partial charge in [-0.15, -0.1) is 0 Å². The first-order valence-corrected chi connectivity index (χ1v) is 12.7. The zero-order chi connectivity index (χ0) is 28.5. The number of anilines is 1. The van der Waals surface area contributed by atoms with Crippen molar-refractivity contribution in [3.05, 3.63) is 124 Å². The van der Waals surface area contributed by atoms with E-state index in [2.05, 4.69) is 58.6 Å². The van der Waals surface area contributed by atoms with E-state index < -0.39 is 0 Å². The maximum absolute atomic E-state index is 14.5. The van der Waals surface area contributed by atoms with Crippen molar-refractivity contribution < 1.29 is 4.39 Å². The van der Waals surface area contributed by atoms with Gasteiger partial charge in [0, 0.05) is 18.4 Å². The van der Waals surface area contributed by atoms with Crippen molar-refractivity contribution in [2.75, 3.05) is 12.4 Å². The molecule has 0 aliphatic rings. The van der Waals surface area contributed by atoms with E-state index in [1.807, 2.05) is 62.4 Å². The van der Waals surface area contributed by atoms with Crippen LogP contribution >= 0.6 is 0 Å². The van der Waals surface area contributed by atoms with Crippen LogP contribution in [-0.2, 0) is 0 Å². The first-order valence-electron chi connectivity index (χ1n) is 12.7. The Morgan fingerprint density at radius 3 is 2.44 bits per heavy atom. The van der Waals surface area contributed by atoms with E-state index in [0.717, 1.165) is 50.2 Å². The molecule has 1 heterocycles. The molecule has 7 heteroatoms. The van der Waals surface area contributed by atoms with Crippen molar-refractivity contribution in [3.8, 4) is 0 Å². The van der Waals surface area contributed by atoms with Gasteiger partial charge in [-0.3, -0.25) is 0 Å². The molecule has 0 radical (unpaired) electrons. The lowest BCUT2D eigenvalue weighted by Crippen LogP contribution is -2.07. The average molecular weight is 526 g/mol. The minimum Gasteiger partial charge on any atom is -0.359 e. The number of azo groups is 1. The van der Waals surface area contributed by atoms with Crippen molar-refractivity contribution in [1.82, 2.24) is 9.97 Å². The minimum absolute atomic E-state index is 0.125. The van der Waals surface area contributed by atoms with Crippen molar-refractivity contribution in [2.45, 2.75) is 34.1 Å². The molecule has 1 unspecified atom stereocenters. The fourth-order valence-corrected chi connectivity index (χ4v) is 4.38. The van der Waals surface area contributed by atoms with Crippen molar-refractivity contribution >= 4 is 28.0 Å². The van der Waals surface area contributed by atoms with E-state index >= 15 is 0 Å². The number of allylic oxidation sites excluding steroid dienone is 4. The Labute approximate surface area is 229 Å². The molecule has 3 N–H and O–H groups in total. The number of halogens is 1. The van der Waals surface area contributed by atoms with E-state index in [4.69, 9.17) is 0 Å². The number of nitrogens with one attached hydrogen (secondary N) is 3. The van der Waals surface area contributed by atoms with Crippen LogP contribution in [0.25, 0.3) is 16.6 Å². The highest BCUT2D eigenvalue weighted by atomic mass is 19.1. The molecular formula is C32H36FN5O. The molecule has 0 aliphatic heterocycles. The molecule has 0 saturated carbocycles. The van der Waals surface area contributed by atoms with Gasteiger partial charge in [0.15, 0.2) is 5.82 Å². The molecule has 39 heavy (non-hydrogen) atoms. The third kappa shape index (κ3) is 7.74. The lowest BCUT2D eigenvalue weighted by molar-refractivity contribution is 0.625. The molecule has 0 fully saturated rings. The van der Waals surface area contributed by atoms with Crippen LogP contribution < -0.4 is 11.0 Å². The summed E-state index contributed by atoms with van der Waals surface area (Å²) in [7, 11) is 1.53. The third-order valence-electron chi connectivity index (χ3n) is 6.30. The number of H-pyrrole nitrogens is 2. The van der Waals surface area contributed by atoms with Crippen molar-refractivity contribution in [1.29, 1.82) is 0 Å². The first-order chi connectivity index (χ1) is 18.6. The van der Waals surface area contributed by atoms with Crippen LogP contribution in [0.15, 0.2) is 101 Å². The number of para-hydroxylation sites is 1. The molecule has 3 aromatic carbocycles. The van der Waals surface area contributed by atoms with E-state index in [9.17, 15) is 9.18 Å². The van der Waals surface area contributed by atoms with Gasteiger partial charge >= 0.3 is 5.69 Å². The Kier molecular flexibility index (Phi) is 9.92. The number of benzene rings is 3. The normalized spacial score (nSPS) is 12.2. The molecule has 4 aromatic rings. The summed E-state index contributed by atoms with van der Waals surface area (Å²) in [5, 5.41) is 11.0. The van der Waals surface area contributed by atoms with Gasteiger partial charge in [0.1, 0.15) is 5.69 Å². The lowest BCUT2D eigenvalue weighted by atomic mass is 9.89. The van der Waals surface area contributed by atoms with Crippen LogP contribution in [0.4, 0.5) is 15.8 Å². The lowest BCUT2D eigenvalue weighted by Gasteiger charge is -2.20. The maximum Gasteiger partial charge on any atom is 0.323 e. The van der Waals surface area contributed by atoms with Gasteiger partial charge in [0.05, 0.1) is 11.0 Å². The second kappa shape index (κ2) is 13.3. The van der Waals surface area contributed by atoms with Gasteiger partial charge in [0.25, 0.3) is 0 Å². The highest BCUT2D eigenvalue weighted by Crippen LogP contribution is 2.33. The minimum atomic E-state index is -0.375. The topological polar surface area (TPSA) is 85.4 Å². The molecule has 6 nitrogen and oxygen atoms in total. The van der Waals surface area contributed by atoms with Crippen LogP contribution in [0.5, 0.6) is 0 Å². The highest BCUT2D eigenvalue weighted by Gasteiger charge is 2.16. The molecule has 1 atom stereocenters. The fraction of sp³-hybridized carbons (Fsp3) is 0.219. The Hall–Kier alpha value is -4.52. The van der Waals surface area contributed by atoms with E-state index in [-0.39, 0.29) is 23.1 Å². The molecule has 0 bridgehead atoms. The number of aryl methyl sites for hydroxylation is 3. The maximum atomic E-state index is 14.5. The molecule has 1 aromatic heterocycles. The summed E-state index contributed by atoms with van der Waals surface area (Å²) >= 11 is 0. The molecule has 0 spiro atoms. The standard InChI is InChI=1S/C24H28FN3.C8H8N2O/c1-7-10-21(20-14-18(4)24(28-26-6)22(25)15-20)17(3)13-19(5)27-23-12-9-8-11-16(23)2;1-5-2-3-6-7(4-5)10-8(11)9-6/h7-12,14-15,17,27H,1,5,13H2,2-4,6H3;2-4H,1H3,(H2,9,10,11)/b21-10+,28-26?;. The molecule has 4 rings (SSSR count). The number of aromatic amines is 2. The summed E-state index contributed by atoms with van der Waals surface area (Å²) < 4.78 is 14.5. The molecule has 0 saturated heterocycles. The van der Waals surface area contributed by atoms with E-state index in [0.29, 0.717) is 6.42 Å². The largest absolute Gasteiger partial charge is 0.359 e. The smallest absolute Gasteiger partial charge is 0.323 e. The van der Waals surface area contributed by atoms with Crippen LogP contribution in [0.1, 0.15) is 35.6 Å².